The number of rotatable bonds is 3. The van der Waals surface area contributed by atoms with E-state index < -0.39 is 11.8 Å². The van der Waals surface area contributed by atoms with E-state index in [4.69, 9.17) is 0 Å². The van der Waals surface area contributed by atoms with Crippen LogP contribution in [-0.2, 0) is 4.79 Å². The molecule has 0 aromatic heterocycles. The number of alkyl halides is 2. The molecule has 0 aliphatic heterocycles. The van der Waals surface area contributed by atoms with E-state index in [0.29, 0.717) is 6.54 Å². The zero-order chi connectivity index (χ0) is 11.1. The molecule has 1 N–H and O–H groups in total. The van der Waals surface area contributed by atoms with Crippen molar-refractivity contribution in [2.75, 3.05) is 6.54 Å². The lowest BCUT2D eigenvalue weighted by Crippen LogP contribution is -2.48. The van der Waals surface area contributed by atoms with Crippen LogP contribution in [0.4, 0.5) is 8.78 Å². The first-order chi connectivity index (χ1) is 6.90. The second kappa shape index (κ2) is 3.42. The normalized spacial score (nSPS) is 27.7. The van der Waals surface area contributed by atoms with Gasteiger partial charge in [0.15, 0.2) is 0 Å². The Balaban J connectivity index is 1.70. The molecular formula is C11H17F2NO. The lowest BCUT2D eigenvalue weighted by molar-refractivity contribution is -0.150. The van der Waals surface area contributed by atoms with Crippen LogP contribution >= 0.6 is 0 Å². The maximum Gasteiger partial charge on any atom is 0.249 e. The van der Waals surface area contributed by atoms with E-state index in [-0.39, 0.29) is 24.2 Å². The molecule has 0 heterocycles. The summed E-state index contributed by atoms with van der Waals surface area (Å²) in [4.78, 5) is 11.5. The molecule has 15 heavy (non-hydrogen) atoms. The molecule has 0 spiro atoms. The summed E-state index contributed by atoms with van der Waals surface area (Å²) >= 11 is 0. The van der Waals surface area contributed by atoms with E-state index in [1.807, 2.05) is 0 Å². The van der Waals surface area contributed by atoms with Crippen LogP contribution < -0.4 is 5.32 Å². The topological polar surface area (TPSA) is 29.1 Å². The minimum atomic E-state index is -2.59. The summed E-state index contributed by atoms with van der Waals surface area (Å²) in [5.74, 6) is -3.24. The van der Waals surface area contributed by atoms with Crippen molar-refractivity contribution in [3.05, 3.63) is 0 Å². The molecule has 0 bridgehead atoms. The molecule has 2 fully saturated rings. The van der Waals surface area contributed by atoms with Crippen molar-refractivity contribution in [3.63, 3.8) is 0 Å². The molecule has 1 amide bonds. The van der Waals surface area contributed by atoms with E-state index in [1.165, 1.54) is 6.42 Å². The summed E-state index contributed by atoms with van der Waals surface area (Å²) in [7, 11) is 0. The molecule has 0 aromatic rings. The van der Waals surface area contributed by atoms with Crippen molar-refractivity contribution in [2.24, 2.45) is 11.3 Å². The highest BCUT2D eigenvalue weighted by molar-refractivity contribution is 5.79. The van der Waals surface area contributed by atoms with Gasteiger partial charge in [0, 0.05) is 25.3 Å². The molecule has 2 aliphatic rings. The lowest BCUT2D eigenvalue weighted by Gasteiger charge is -2.40. The lowest BCUT2D eigenvalue weighted by atomic mass is 9.70. The zero-order valence-corrected chi connectivity index (χ0v) is 8.98. The molecule has 0 unspecified atom stereocenters. The third kappa shape index (κ3) is 2.29. The summed E-state index contributed by atoms with van der Waals surface area (Å²) in [6.07, 6.45) is 2.95. The third-order valence-electron chi connectivity index (χ3n) is 3.71. The number of hydrogen-bond acceptors (Lipinski definition) is 1. The minimum absolute atomic E-state index is 0.186. The largest absolute Gasteiger partial charge is 0.355 e. The van der Waals surface area contributed by atoms with Crippen molar-refractivity contribution in [3.8, 4) is 0 Å². The standard InChI is InChI=1S/C11H17F2NO/c1-10(3-2-4-10)7-14-9(15)8-5-11(12,13)6-8/h8H,2-7H2,1H3,(H,14,15). The number of nitrogens with one attached hydrogen (secondary N) is 1. The summed E-state index contributed by atoms with van der Waals surface area (Å²) in [5.41, 5.74) is 0.224. The highest BCUT2D eigenvalue weighted by atomic mass is 19.3. The first kappa shape index (κ1) is 10.8. The van der Waals surface area contributed by atoms with Gasteiger partial charge in [-0.15, -0.1) is 0 Å². The van der Waals surface area contributed by atoms with Gasteiger partial charge in [-0.05, 0) is 18.3 Å². The van der Waals surface area contributed by atoms with Gasteiger partial charge in [-0.3, -0.25) is 4.79 Å². The Bertz CT molecular complexity index is 266. The Morgan fingerprint density at radius 1 is 1.40 bits per heavy atom. The highest BCUT2D eigenvalue weighted by Crippen LogP contribution is 2.43. The molecule has 0 aromatic carbocycles. The molecule has 2 nitrogen and oxygen atoms in total. The molecule has 0 saturated heterocycles. The molecule has 2 aliphatic carbocycles. The maximum atomic E-state index is 12.5. The Kier molecular flexibility index (Phi) is 2.47. The molecule has 2 saturated carbocycles. The van der Waals surface area contributed by atoms with Crippen molar-refractivity contribution < 1.29 is 13.6 Å². The summed E-state index contributed by atoms with van der Waals surface area (Å²) in [6, 6.07) is 0. The average molecular weight is 217 g/mol. The van der Waals surface area contributed by atoms with Crippen molar-refractivity contribution >= 4 is 5.91 Å². The van der Waals surface area contributed by atoms with Gasteiger partial charge in [0.05, 0.1) is 0 Å². The Morgan fingerprint density at radius 2 is 2.00 bits per heavy atom. The Morgan fingerprint density at radius 3 is 2.40 bits per heavy atom. The van der Waals surface area contributed by atoms with Gasteiger partial charge in [-0.1, -0.05) is 13.3 Å². The highest BCUT2D eigenvalue weighted by Gasteiger charge is 2.48. The van der Waals surface area contributed by atoms with Gasteiger partial charge in [-0.25, -0.2) is 8.78 Å². The monoisotopic (exact) mass is 217 g/mol. The van der Waals surface area contributed by atoms with Gasteiger partial charge in [0.1, 0.15) is 0 Å². The second-order valence-electron chi connectivity index (χ2n) is 5.34. The number of halogens is 2. The number of amides is 1. The van der Waals surface area contributed by atoms with Gasteiger partial charge < -0.3 is 5.32 Å². The molecule has 0 radical (unpaired) electrons. The molecule has 86 valence electrons. The molecule has 0 atom stereocenters. The second-order valence-corrected chi connectivity index (χ2v) is 5.34. The maximum absolute atomic E-state index is 12.5. The first-order valence-electron chi connectivity index (χ1n) is 5.56. The fraction of sp³-hybridized carbons (Fsp3) is 0.909. The van der Waals surface area contributed by atoms with Crippen LogP contribution in [0.5, 0.6) is 0 Å². The van der Waals surface area contributed by atoms with Gasteiger partial charge in [0.25, 0.3) is 0 Å². The predicted octanol–water partition coefficient (Wildman–Crippen LogP) is 2.34. The summed E-state index contributed by atoms with van der Waals surface area (Å²) in [5, 5.41) is 2.79. The zero-order valence-electron chi connectivity index (χ0n) is 8.98. The van der Waals surface area contributed by atoms with Crippen molar-refractivity contribution in [1.29, 1.82) is 0 Å². The predicted molar refractivity (Wildman–Crippen MR) is 52.6 cm³/mol. The van der Waals surface area contributed by atoms with E-state index in [9.17, 15) is 13.6 Å². The fourth-order valence-corrected chi connectivity index (χ4v) is 2.25. The van der Waals surface area contributed by atoms with E-state index in [1.54, 1.807) is 0 Å². The van der Waals surface area contributed by atoms with Crippen molar-refractivity contribution in [1.82, 2.24) is 5.32 Å². The fourth-order valence-electron chi connectivity index (χ4n) is 2.25. The number of hydrogen-bond donors (Lipinski definition) is 1. The first-order valence-corrected chi connectivity index (χ1v) is 5.56. The van der Waals surface area contributed by atoms with Gasteiger partial charge in [0.2, 0.25) is 11.8 Å². The van der Waals surface area contributed by atoms with E-state index in [0.717, 1.165) is 12.8 Å². The van der Waals surface area contributed by atoms with E-state index in [2.05, 4.69) is 12.2 Å². The Hall–Kier alpha value is -0.670. The minimum Gasteiger partial charge on any atom is -0.355 e. The van der Waals surface area contributed by atoms with Crippen LogP contribution in [0.2, 0.25) is 0 Å². The Labute approximate surface area is 88.4 Å². The summed E-state index contributed by atoms with van der Waals surface area (Å²) in [6.45, 7) is 2.78. The van der Waals surface area contributed by atoms with Gasteiger partial charge >= 0.3 is 0 Å². The average Bonchev–Trinajstić information content (AvgIpc) is 2.07. The molecular weight excluding hydrogens is 200 g/mol. The number of carbonyl (C=O) groups excluding carboxylic acids is 1. The van der Waals surface area contributed by atoms with Crippen LogP contribution in [0.15, 0.2) is 0 Å². The summed E-state index contributed by atoms with van der Waals surface area (Å²) < 4.78 is 25.0. The van der Waals surface area contributed by atoms with E-state index >= 15 is 0 Å². The molecule has 2 rings (SSSR count). The smallest absolute Gasteiger partial charge is 0.249 e. The van der Waals surface area contributed by atoms with Crippen molar-refractivity contribution in [2.45, 2.75) is 45.0 Å². The third-order valence-corrected chi connectivity index (χ3v) is 3.71. The SMILES string of the molecule is CC1(CNC(=O)C2CC(F)(F)C2)CCC1. The number of carbonyl (C=O) groups is 1. The van der Waals surface area contributed by atoms with Gasteiger partial charge in [-0.2, -0.15) is 0 Å². The van der Waals surface area contributed by atoms with Crippen LogP contribution in [-0.4, -0.2) is 18.4 Å². The van der Waals surface area contributed by atoms with Crippen LogP contribution in [0.1, 0.15) is 39.0 Å². The molecule has 4 heteroatoms. The van der Waals surface area contributed by atoms with Crippen LogP contribution in [0.25, 0.3) is 0 Å². The van der Waals surface area contributed by atoms with Crippen LogP contribution in [0.3, 0.4) is 0 Å². The van der Waals surface area contributed by atoms with Crippen LogP contribution in [0, 0.1) is 11.3 Å². The quantitative estimate of drug-likeness (QED) is 0.772.